The Kier molecular flexibility index (Phi) is 5.44. The van der Waals surface area contributed by atoms with Gasteiger partial charge in [-0.25, -0.2) is 5.43 Å². The molecule has 5 nitrogen and oxygen atoms in total. The molecule has 0 aliphatic carbocycles. The molecule has 29 heavy (non-hydrogen) atoms. The molecular weight excluding hydrogens is 475 g/mol. The van der Waals surface area contributed by atoms with Crippen molar-refractivity contribution in [2.24, 2.45) is 5.10 Å². The van der Waals surface area contributed by atoms with Crippen LogP contribution in [0.1, 0.15) is 27.3 Å². The van der Waals surface area contributed by atoms with Gasteiger partial charge in [0.2, 0.25) is 0 Å². The first-order valence-corrected chi connectivity index (χ1v) is 10.2. The molecule has 2 heterocycles. The van der Waals surface area contributed by atoms with Crippen molar-refractivity contribution in [3.8, 4) is 5.69 Å². The first-order chi connectivity index (χ1) is 14.0. The van der Waals surface area contributed by atoms with E-state index in [2.05, 4.69) is 73.9 Å². The standard InChI is InChI=1S/C23H19IN4O/c1-15-11-19(14-26-27-23(29)18-5-3-7-20(24)12-18)16(2)28(15)21-8-9-22-17(13-21)6-4-10-25-22/h3-14H,1-2H3,(H,27,29)/b26-14-. The van der Waals surface area contributed by atoms with Crippen LogP contribution in [-0.4, -0.2) is 21.7 Å². The first kappa shape index (κ1) is 19.3. The fourth-order valence-corrected chi connectivity index (χ4v) is 3.92. The smallest absolute Gasteiger partial charge is 0.271 e. The molecule has 144 valence electrons. The second kappa shape index (κ2) is 8.16. The Morgan fingerprint density at radius 3 is 2.79 bits per heavy atom. The molecule has 0 saturated heterocycles. The lowest BCUT2D eigenvalue weighted by atomic mass is 10.2. The lowest BCUT2D eigenvalue weighted by Crippen LogP contribution is -2.17. The average Bonchev–Trinajstić information content (AvgIpc) is 3.00. The third-order valence-corrected chi connectivity index (χ3v) is 5.44. The van der Waals surface area contributed by atoms with Gasteiger partial charge in [0.25, 0.3) is 5.91 Å². The molecule has 0 fully saturated rings. The van der Waals surface area contributed by atoms with Crippen molar-refractivity contribution in [2.75, 3.05) is 0 Å². The van der Waals surface area contributed by atoms with Crippen LogP contribution in [0, 0.1) is 17.4 Å². The molecule has 2 aromatic carbocycles. The number of halogens is 1. The van der Waals surface area contributed by atoms with Crippen LogP contribution in [0.15, 0.2) is 72.0 Å². The lowest BCUT2D eigenvalue weighted by Gasteiger charge is -2.10. The van der Waals surface area contributed by atoms with E-state index >= 15 is 0 Å². The SMILES string of the molecule is Cc1cc(/C=N\NC(=O)c2cccc(I)c2)c(C)n1-c1ccc2ncccc2c1. The highest BCUT2D eigenvalue weighted by Gasteiger charge is 2.10. The van der Waals surface area contributed by atoms with Gasteiger partial charge in [0, 0.05) is 43.4 Å². The molecule has 4 rings (SSSR count). The van der Waals surface area contributed by atoms with Gasteiger partial charge >= 0.3 is 0 Å². The summed E-state index contributed by atoms with van der Waals surface area (Å²) in [5.74, 6) is -0.226. The van der Waals surface area contributed by atoms with Gasteiger partial charge in [0.05, 0.1) is 11.7 Å². The normalized spacial score (nSPS) is 11.3. The molecule has 0 saturated carbocycles. The van der Waals surface area contributed by atoms with E-state index in [4.69, 9.17) is 0 Å². The van der Waals surface area contributed by atoms with Crippen LogP contribution in [0.25, 0.3) is 16.6 Å². The number of fused-ring (bicyclic) bond motifs is 1. The molecule has 1 amide bonds. The molecule has 6 heteroatoms. The van der Waals surface area contributed by atoms with Crippen molar-refractivity contribution in [2.45, 2.75) is 13.8 Å². The zero-order chi connectivity index (χ0) is 20.4. The van der Waals surface area contributed by atoms with Gasteiger partial charge in [-0.15, -0.1) is 0 Å². The maximum atomic E-state index is 12.3. The molecule has 0 aliphatic rings. The van der Waals surface area contributed by atoms with Gasteiger partial charge in [-0.1, -0.05) is 12.1 Å². The largest absolute Gasteiger partial charge is 0.318 e. The topological polar surface area (TPSA) is 59.3 Å². The van der Waals surface area contributed by atoms with E-state index < -0.39 is 0 Å². The van der Waals surface area contributed by atoms with Crippen molar-refractivity contribution < 1.29 is 4.79 Å². The fourth-order valence-electron chi connectivity index (χ4n) is 3.37. The number of carbonyl (C=O) groups is 1. The third kappa shape index (κ3) is 4.07. The molecule has 0 bridgehead atoms. The quantitative estimate of drug-likeness (QED) is 0.246. The summed E-state index contributed by atoms with van der Waals surface area (Å²) in [7, 11) is 0. The Morgan fingerprint density at radius 1 is 1.10 bits per heavy atom. The van der Waals surface area contributed by atoms with Crippen molar-refractivity contribution in [1.29, 1.82) is 0 Å². The van der Waals surface area contributed by atoms with E-state index in [1.165, 1.54) is 0 Å². The maximum Gasteiger partial charge on any atom is 0.271 e. The highest BCUT2D eigenvalue weighted by atomic mass is 127. The minimum absolute atomic E-state index is 0.226. The van der Waals surface area contributed by atoms with E-state index in [9.17, 15) is 4.79 Å². The molecule has 0 radical (unpaired) electrons. The number of aryl methyl sites for hydroxylation is 1. The maximum absolute atomic E-state index is 12.3. The van der Waals surface area contributed by atoms with Gasteiger partial charge in [0.15, 0.2) is 0 Å². The second-order valence-corrected chi connectivity index (χ2v) is 8.00. The number of hydrazone groups is 1. The van der Waals surface area contributed by atoms with Crippen LogP contribution < -0.4 is 5.43 Å². The Balaban J connectivity index is 1.58. The first-order valence-electron chi connectivity index (χ1n) is 9.16. The minimum atomic E-state index is -0.226. The van der Waals surface area contributed by atoms with Gasteiger partial charge < -0.3 is 4.57 Å². The molecule has 1 N–H and O–H groups in total. The zero-order valence-electron chi connectivity index (χ0n) is 16.1. The van der Waals surface area contributed by atoms with Gasteiger partial charge in [-0.05, 0) is 85.0 Å². The number of carbonyl (C=O) groups excluding carboxylic acids is 1. The van der Waals surface area contributed by atoms with Gasteiger partial charge in [-0.3, -0.25) is 9.78 Å². The summed E-state index contributed by atoms with van der Waals surface area (Å²) < 4.78 is 3.18. The highest BCUT2D eigenvalue weighted by molar-refractivity contribution is 14.1. The number of benzene rings is 2. The number of nitrogens with one attached hydrogen (secondary N) is 1. The zero-order valence-corrected chi connectivity index (χ0v) is 18.2. The molecule has 0 unspecified atom stereocenters. The predicted molar refractivity (Wildman–Crippen MR) is 125 cm³/mol. The summed E-state index contributed by atoms with van der Waals surface area (Å²) >= 11 is 2.18. The third-order valence-electron chi connectivity index (χ3n) is 4.77. The van der Waals surface area contributed by atoms with E-state index in [1.54, 1.807) is 18.5 Å². The summed E-state index contributed by atoms with van der Waals surface area (Å²) in [6.07, 6.45) is 3.49. The van der Waals surface area contributed by atoms with Gasteiger partial charge in [-0.2, -0.15) is 5.10 Å². The molecule has 0 spiro atoms. The number of aromatic nitrogens is 2. The molecule has 4 aromatic rings. The number of hydrogen-bond acceptors (Lipinski definition) is 3. The minimum Gasteiger partial charge on any atom is -0.318 e. The van der Waals surface area contributed by atoms with Crippen LogP contribution in [0.4, 0.5) is 0 Å². The molecule has 0 atom stereocenters. The van der Waals surface area contributed by atoms with Crippen molar-refractivity contribution >= 4 is 45.6 Å². The lowest BCUT2D eigenvalue weighted by molar-refractivity contribution is 0.0955. The fraction of sp³-hybridized carbons (Fsp3) is 0.0870. The Labute approximate surface area is 182 Å². The summed E-state index contributed by atoms with van der Waals surface area (Å²) in [4.78, 5) is 16.6. The Hall–Kier alpha value is -3.00. The average molecular weight is 494 g/mol. The number of nitrogens with zero attached hydrogens (tertiary/aromatic N) is 3. The summed E-state index contributed by atoms with van der Waals surface area (Å²) in [6, 6.07) is 19.7. The van der Waals surface area contributed by atoms with Gasteiger partial charge in [0.1, 0.15) is 0 Å². The number of hydrogen-bond donors (Lipinski definition) is 1. The van der Waals surface area contributed by atoms with Crippen LogP contribution in [0.5, 0.6) is 0 Å². The molecular formula is C23H19IN4O. The van der Waals surface area contributed by atoms with E-state index in [0.29, 0.717) is 5.56 Å². The van der Waals surface area contributed by atoms with Crippen molar-refractivity contribution in [1.82, 2.24) is 15.0 Å². The molecule has 2 aromatic heterocycles. The van der Waals surface area contributed by atoms with Crippen LogP contribution in [0.2, 0.25) is 0 Å². The molecule has 0 aliphatic heterocycles. The summed E-state index contributed by atoms with van der Waals surface area (Å²) in [6.45, 7) is 4.10. The predicted octanol–water partition coefficient (Wildman–Crippen LogP) is 5.01. The summed E-state index contributed by atoms with van der Waals surface area (Å²) in [5, 5.41) is 5.25. The van der Waals surface area contributed by atoms with Crippen molar-refractivity contribution in [3.63, 3.8) is 0 Å². The Morgan fingerprint density at radius 2 is 1.97 bits per heavy atom. The van der Waals surface area contributed by atoms with E-state index in [-0.39, 0.29) is 5.91 Å². The van der Waals surface area contributed by atoms with Crippen molar-refractivity contribution in [3.05, 3.63) is 92.9 Å². The van der Waals surface area contributed by atoms with Crippen LogP contribution in [0.3, 0.4) is 0 Å². The Bertz CT molecular complexity index is 1240. The number of rotatable bonds is 4. The number of pyridine rings is 1. The monoisotopic (exact) mass is 494 g/mol. The number of amides is 1. The highest BCUT2D eigenvalue weighted by Crippen LogP contribution is 2.23. The van der Waals surface area contributed by atoms with Crippen LogP contribution in [-0.2, 0) is 0 Å². The second-order valence-electron chi connectivity index (χ2n) is 6.75. The van der Waals surface area contributed by atoms with E-state index in [1.807, 2.05) is 37.3 Å². The van der Waals surface area contributed by atoms with Crippen LogP contribution >= 0.6 is 22.6 Å². The summed E-state index contributed by atoms with van der Waals surface area (Å²) in [5.41, 5.74) is 8.34. The van der Waals surface area contributed by atoms with E-state index in [0.717, 1.165) is 37.1 Å².